The van der Waals surface area contributed by atoms with Crippen molar-refractivity contribution in [3.05, 3.63) is 17.0 Å². The van der Waals surface area contributed by atoms with Crippen molar-refractivity contribution in [3.8, 4) is 0 Å². The molecule has 5 nitrogen and oxygen atoms in total. The number of rotatable bonds is 4. The molecule has 2 N–H and O–H groups in total. The van der Waals surface area contributed by atoms with Crippen molar-refractivity contribution < 1.29 is 8.42 Å². The summed E-state index contributed by atoms with van der Waals surface area (Å²) >= 11 is 0. The lowest BCUT2D eigenvalue weighted by Gasteiger charge is -2.29. The Bertz CT molecular complexity index is 607. The lowest BCUT2D eigenvalue weighted by molar-refractivity contribution is 0.324. The fourth-order valence-corrected chi connectivity index (χ4v) is 4.67. The molecule has 1 saturated carbocycles. The molecule has 3 unspecified atom stereocenters. The minimum Gasteiger partial charge on any atom is -0.324 e. The molecule has 1 aromatic heterocycles. The van der Waals surface area contributed by atoms with Gasteiger partial charge >= 0.3 is 0 Å². The molecule has 1 fully saturated rings. The van der Waals surface area contributed by atoms with Gasteiger partial charge in [-0.25, -0.2) is 8.42 Å². The Morgan fingerprint density at radius 1 is 1.38 bits per heavy atom. The van der Waals surface area contributed by atoms with Crippen LogP contribution in [-0.4, -0.2) is 29.7 Å². The Morgan fingerprint density at radius 2 is 2.05 bits per heavy atom. The summed E-state index contributed by atoms with van der Waals surface area (Å²) in [7, 11) is -2.97. The lowest BCUT2D eigenvalue weighted by atomic mass is 9.94. The van der Waals surface area contributed by atoms with Gasteiger partial charge in [-0.1, -0.05) is 13.3 Å². The van der Waals surface area contributed by atoms with Gasteiger partial charge in [0.2, 0.25) is 0 Å². The minimum atomic E-state index is -2.97. The van der Waals surface area contributed by atoms with Crippen molar-refractivity contribution in [2.45, 2.75) is 70.2 Å². The molecule has 0 saturated heterocycles. The molecule has 1 aliphatic carbocycles. The third-order valence-electron chi connectivity index (χ3n) is 4.74. The van der Waals surface area contributed by atoms with Crippen LogP contribution < -0.4 is 5.73 Å². The highest BCUT2D eigenvalue weighted by Crippen LogP contribution is 2.34. The smallest absolute Gasteiger partial charge is 0.150 e. The summed E-state index contributed by atoms with van der Waals surface area (Å²) in [5, 5.41) is 4.43. The number of sulfone groups is 1. The maximum Gasteiger partial charge on any atom is 0.150 e. The molecule has 0 bridgehead atoms. The van der Waals surface area contributed by atoms with Crippen molar-refractivity contribution in [2.24, 2.45) is 5.73 Å². The number of nitrogens with zero attached hydrogens (tertiary/aromatic N) is 2. The van der Waals surface area contributed by atoms with Crippen LogP contribution in [0.25, 0.3) is 0 Å². The van der Waals surface area contributed by atoms with Gasteiger partial charge < -0.3 is 5.73 Å². The zero-order valence-electron chi connectivity index (χ0n) is 13.5. The largest absolute Gasteiger partial charge is 0.324 e. The highest BCUT2D eigenvalue weighted by molar-refractivity contribution is 7.91. The van der Waals surface area contributed by atoms with Crippen LogP contribution in [-0.2, 0) is 9.84 Å². The average Bonchev–Trinajstić information content (AvgIpc) is 2.72. The highest BCUT2D eigenvalue weighted by atomic mass is 32.2. The van der Waals surface area contributed by atoms with E-state index < -0.39 is 9.84 Å². The van der Waals surface area contributed by atoms with Crippen molar-refractivity contribution in [3.63, 3.8) is 0 Å². The molecule has 2 rings (SSSR count). The maximum absolute atomic E-state index is 11.8. The van der Waals surface area contributed by atoms with Crippen molar-refractivity contribution >= 4 is 9.84 Å². The molecule has 0 aromatic carbocycles. The van der Waals surface area contributed by atoms with E-state index in [0.29, 0.717) is 6.42 Å². The SMILES string of the molecule is CCC(N)c1c(C)nn(C2CCCC(S(C)(=O)=O)C2)c1C. The fourth-order valence-electron chi connectivity index (χ4n) is 3.50. The predicted molar refractivity (Wildman–Crippen MR) is 85.1 cm³/mol. The van der Waals surface area contributed by atoms with Crippen LogP contribution >= 0.6 is 0 Å². The summed E-state index contributed by atoms with van der Waals surface area (Å²) in [4.78, 5) is 0. The van der Waals surface area contributed by atoms with E-state index >= 15 is 0 Å². The molecule has 1 heterocycles. The Labute approximate surface area is 127 Å². The van der Waals surface area contributed by atoms with E-state index in [1.807, 2.05) is 11.6 Å². The van der Waals surface area contributed by atoms with Crippen LogP contribution in [0.3, 0.4) is 0 Å². The van der Waals surface area contributed by atoms with E-state index in [9.17, 15) is 8.42 Å². The van der Waals surface area contributed by atoms with E-state index in [1.165, 1.54) is 6.26 Å². The molecule has 1 aromatic rings. The third-order valence-corrected chi connectivity index (χ3v) is 6.38. The first kappa shape index (κ1) is 16.5. The van der Waals surface area contributed by atoms with E-state index in [4.69, 9.17) is 5.73 Å². The fraction of sp³-hybridized carbons (Fsp3) is 0.800. The van der Waals surface area contributed by atoms with E-state index in [0.717, 1.165) is 42.6 Å². The van der Waals surface area contributed by atoms with Crippen molar-refractivity contribution in [1.29, 1.82) is 0 Å². The van der Waals surface area contributed by atoms with Crippen LogP contribution in [0.5, 0.6) is 0 Å². The molecular formula is C15H27N3O2S. The summed E-state index contributed by atoms with van der Waals surface area (Å²) in [5.74, 6) is 0. The van der Waals surface area contributed by atoms with Gasteiger partial charge in [0.15, 0.2) is 0 Å². The summed E-state index contributed by atoms with van der Waals surface area (Å²) in [6.45, 7) is 6.11. The Hall–Kier alpha value is -0.880. The standard InChI is InChI=1S/C15H27N3O2S/c1-5-14(16)15-10(2)17-18(11(15)3)12-7-6-8-13(9-12)21(4,19)20/h12-14H,5-9,16H2,1-4H3. The second-order valence-electron chi connectivity index (χ2n) is 6.32. The first-order valence-electron chi connectivity index (χ1n) is 7.75. The van der Waals surface area contributed by atoms with Crippen molar-refractivity contribution in [2.75, 3.05) is 6.26 Å². The first-order valence-corrected chi connectivity index (χ1v) is 9.71. The molecule has 3 atom stereocenters. The Morgan fingerprint density at radius 3 is 2.62 bits per heavy atom. The van der Waals surface area contributed by atoms with Crippen LogP contribution in [0.2, 0.25) is 0 Å². The molecule has 0 spiro atoms. The zero-order chi connectivity index (χ0) is 15.8. The molecule has 0 amide bonds. The molecule has 21 heavy (non-hydrogen) atoms. The summed E-state index contributed by atoms with van der Waals surface area (Å²) in [5.41, 5.74) is 9.38. The average molecular weight is 313 g/mol. The maximum atomic E-state index is 11.8. The third kappa shape index (κ3) is 3.31. The predicted octanol–water partition coefficient (Wildman–Crippen LogP) is 2.44. The van der Waals surface area contributed by atoms with E-state index in [1.54, 1.807) is 0 Å². The molecule has 0 aliphatic heterocycles. The number of aryl methyl sites for hydroxylation is 1. The van der Waals surface area contributed by atoms with Gasteiger partial charge in [-0.15, -0.1) is 0 Å². The topological polar surface area (TPSA) is 78.0 Å². The summed E-state index contributed by atoms with van der Waals surface area (Å²) in [6.07, 6.45) is 5.60. The summed E-state index contributed by atoms with van der Waals surface area (Å²) < 4.78 is 25.7. The Balaban J connectivity index is 2.30. The quantitative estimate of drug-likeness (QED) is 0.926. The Kier molecular flexibility index (Phi) is 4.78. The zero-order valence-corrected chi connectivity index (χ0v) is 14.3. The molecule has 6 heteroatoms. The van der Waals surface area contributed by atoms with Gasteiger partial charge in [0.25, 0.3) is 0 Å². The molecule has 0 radical (unpaired) electrons. The molecule has 120 valence electrons. The second-order valence-corrected chi connectivity index (χ2v) is 8.64. The highest BCUT2D eigenvalue weighted by Gasteiger charge is 2.31. The van der Waals surface area contributed by atoms with Crippen molar-refractivity contribution in [1.82, 2.24) is 9.78 Å². The van der Waals surface area contributed by atoms with E-state index in [-0.39, 0.29) is 17.3 Å². The lowest BCUT2D eigenvalue weighted by Crippen LogP contribution is -2.29. The van der Waals surface area contributed by atoms with Crippen LogP contribution in [0.1, 0.15) is 68.1 Å². The number of nitrogens with two attached hydrogens (primary N) is 1. The van der Waals surface area contributed by atoms with Gasteiger partial charge in [0.1, 0.15) is 9.84 Å². The van der Waals surface area contributed by atoms with Gasteiger partial charge in [-0.3, -0.25) is 4.68 Å². The monoisotopic (exact) mass is 313 g/mol. The number of aromatic nitrogens is 2. The minimum absolute atomic E-state index is 0.00745. The van der Waals surface area contributed by atoms with Gasteiger partial charge in [-0.05, 0) is 39.5 Å². The molecule has 1 aliphatic rings. The van der Waals surface area contributed by atoms with E-state index in [2.05, 4.69) is 18.9 Å². The second kappa shape index (κ2) is 6.08. The van der Waals surface area contributed by atoms with Crippen LogP contribution in [0, 0.1) is 13.8 Å². The number of hydrogen-bond acceptors (Lipinski definition) is 4. The van der Waals surface area contributed by atoms with Gasteiger partial charge in [0, 0.05) is 23.6 Å². The molecular weight excluding hydrogens is 286 g/mol. The van der Waals surface area contributed by atoms with Crippen LogP contribution in [0.4, 0.5) is 0 Å². The summed E-state index contributed by atoms with van der Waals surface area (Å²) in [6, 6.07) is 0.183. The van der Waals surface area contributed by atoms with Gasteiger partial charge in [0.05, 0.1) is 17.0 Å². The number of hydrogen-bond donors (Lipinski definition) is 1. The first-order chi connectivity index (χ1) is 9.75. The van der Waals surface area contributed by atoms with Gasteiger partial charge in [-0.2, -0.15) is 5.10 Å². The van der Waals surface area contributed by atoms with Crippen LogP contribution in [0.15, 0.2) is 0 Å². The normalized spacial score (nSPS) is 25.0.